The van der Waals surface area contributed by atoms with Crippen molar-refractivity contribution in [2.75, 3.05) is 0 Å². The largest absolute Gasteiger partial charge is 0.456 e. The predicted octanol–water partition coefficient (Wildman–Crippen LogP) is 10.5. The number of fused-ring (bicyclic) bond motifs is 9. The summed E-state index contributed by atoms with van der Waals surface area (Å²) in [5.74, 6) is 0.318. The minimum atomic E-state index is -0.0732. The molecule has 3 aliphatic rings. The van der Waals surface area contributed by atoms with E-state index < -0.39 is 0 Å². The summed E-state index contributed by atoms with van der Waals surface area (Å²) < 4.78 is 6.54. The first kappa shape index (κ1) is 26.1. The molecule has 0 spiro atoms. The fourth-order valence-electron chi connectivity index (χ4n) is 9.25. The van der Waals surface area contributed by atoms with Gasteiger partial charge in [0.15, 0.2) is 0 Å². The Bertz CT molecular complexity index is 2580. The predicted molar refractivity (Wildman–Crippen MR) is 194 cm³/mol. The van der Waals surface area contributed by atoms with Crippen molar-refractivity contribution in [3.05, 3.63) is 160 Å². The van der Waals surface area contributed by atoms with Crippen LogP contribution in [0.3, 0.4) is 0 Å². The highest BCUT2D eigenvalue weighted by atomic mass is 16.3. The monoisotopic (exact) mass is 590 g/mol. The molecule has 0 bridgehead atoms. The smallest absolute Gasteiger partial charge is 0.136 e. The fourth-order valence-corrected chi connectivity index (χ4v) is 9.25. The summed E-state index contributed by atoms with van der Waals surface area (Å²) in [6.07, 6.45) is 9.99. The highest BCUT2D eigenvalue weighted by Crippen LogP contribution is 2.55. The van der Waals surface area contributed by atoms with Crippen LogP contribution in [0.4, 0.5) is 0 Å². The highest BCUT2D eigenvalue weighted by molar-refractivity contribution is 6.16. The van der Waals surface area contributed by atoms with Crippen molar-refractivity contribution < 1.29 is 4.42 Å². The van der Waals surface area contributed by atoms with Crippen molar-refractivity contribution >= 4 is 60.2 Å². The first-order valence-electron chi connectivity index (χ1n) is 16.7. The third-order valence-electron chi connectivity index (χ3n) is 11.1. The Morgan fingerprint density at radius 1 is 0.630 bits per heavy atom. The van der Waals surface area contributed by atoms with Crippen LogP contribution < -0.4 is 10.4 Å². The maximum absolute atomic E-state index is 6.54. The Labute approximate surface area is 268 Å². The van der Waals surface area contributed by atoms with Gasteiger partial charge in [0.25, 0.3) is 0 Å². The van der Waals surface area contributed by atoms with E-state index in [0.717, 1.165) is 30.4 Å². The molecule has 46 heavy (non-hydrogen) atoms. The van der Waals surface area contributed by atoms with Crippen LogP contribution in [0.15, 0.2) is 132 Å². The van der Waals surface area contributed by atoms with Crippen LogP contribution >= 0.6 is 0 Å². The minimum Gasteiger partial charge on any atom is -0.456 e. The summed E-state index contributed by atoms with van der Waals surface area (Å²) in [5, 5.41) is 10.5. The molecule has 6 aromatic carbocycles. The van der Waals surface area contributed by atoms with Crippen LogP contribution in [0.1, 0.15) is 61.3 Å². The molecule has 0 N–H and O–H groups in total. The van der Waals surface area contributed by atoms with E-state index in [1.807, 2.05) is 0 Å². The van der Waals surface area contributed by atoms with Gasteiger partial charge in [-0.1, -0.05) is 123 Å². The molecule has 220 valence electrons. The zero-order chi connectivity index (χ0) is 30.6. The molecule has 3 aliphatic carbocycles. The van der Waals surface area contributed by atoms with Crippen LogP contribution in [-0.4, -0.2) is 0 Å². The van der Waals surface area contributed by atoms with Crippen LogP contribution in [-0.2, 0) is 5.41 Å². The number of benzene rings is 6. The van der Waals surface area contributed by atoms with E-state index in [0.29, 0.717) is 5.92 Å². The lowest BCUT2D eigenvalue weighted by Crippen LogP contribution is -2.38. The average molecular weight is 591 g/mol. The van der Waals surface area contributed by atoms with Gasteiger partial charge in [0.2, 0.25) is 0 Å². The molecule has 7 aromatic rings. The second kappa shape index (κ2) is 9.44. The van der Waals surface area contributed by atoms with Gasteiger partial charge < -0.3 is 4.42 Å². The minimum absolute atomic E-state index is 0.0732. The maximum Gasteiger partial charge on any atom is 0.136 e. The zero-order valence-corrected chi connectivity index (χ0v) is 26.2. The number of allylic oxidation sites excluding steroid dienone is 4. The Hall–Kier alpha value is -5.14. The first-order chi connectivity index (χ1) is 22.6. The number of furan rings is 1. The van der Waals surface area contributed by atoms with E-state index in [1.165, 1.54) is 81.7 Å². The molecule has 1 nitrogen and oxygen atoms in total. The van der Waals surface area contributed by atoms with Crippen LogP contribution in [0.2, 0.25) is 0 Å². The molecule has 0 saturated carbocycles. The lowest BCUT2D eigenvalue weighted by molar-refractivity contribution is 0.666. The summed E-state index contributed by atoms with van der Waals surface area (Å²) in [5.41, 5.74) is 12.0. The maximum atomic E-state index is 6.54. The molecular weight excluding hydrogens is 556 g/mol. The number of hydrogen-bond acceptors (Lipinski definition) is 1. The van der Waals surface area contributed by atoms with Crippen molar-refractivity contribution in [3.8, 4) is 0 Å². The summed E-state index contributed by atoms with van der Waals surface area (Å²) in [4.78, 5) is 0. The van der Waals surface area contributed by atoms with E-state index in [9.17, 15) is 0 Å². The van der Waals surface area contributed by atoms with Crippen molar-refractivity contribution in [2.24, 2.45) is 0 Å². The van der Waals surface area contributed by atoms with Crippen LogP contribution in [0.5, 0.6) is 0 Å². The van der Waals surface area contributed by atoms with Crippen molar-refractivity contribution in [2.45, 2.75) is 44.4 Å². The van der Waals surface area contributed by atoms with Crippen molar-refractivity contribution in [1.82, 2.24) is 0 Å². The molecule has 0 fully saturated rings. The van der Waals surface area contributed by atoms with Gasteiger partial charge in [-0.2, -0.15) is 0 Å². The molecule has 1 heterocycles. The van der Waals surface area contributed by atoms with Gasteiger partial charge in [-0.15, -0.1) is 0 Å². The van der Waals surface area contributed by atoms with Gasteiger partial charge in [0.1, 0.15) is 11.2 Å². The molecule has 1 heteroatoms. The molecule has 1 unspecified atom stereocenters. The van der Waals surface area contributed by atoms with Crippen LogP contribution in [0.25, 0.3) is 60.2 Å². The summed E-state index contributed by atoms with van der Waals surface area (Å²) in [6.45, 7) is 4.84. The molecule has 0 amide bonds. The quantitative estimate of drug-likeness (QED) is 0.183. The normalized spacial score (nSPS) is 18.3. The molecule has 0 radical (unpaired) electrons. The summed E-state index contributed by atoms with van der Waals surface area (Å²) in [7, 11) is 0. The lowest BCUT2D eigenvalue weighted by atomic mass is 9.73. The average Bonchev–Trinajstić information content (AvgIpc) is 3.57. The second-order valence-electron chi connectivity index (χ2n) is 13.9. The Morgan fingerprint density at radius 2 is 1.28 bits per heavy atom. The molecule has 1 atom stereocenters. The van der Waals surface area contributed by atoms with Gasteiger partial charge in [-0.3, -0.25) is 0 Å². The molecule has 10 rings (SSSR count). The molecule has 0 saturated heterocycles. The van der Waals surface area contributed by atoms with Gasteiger partial charge in [-0.25, -0.2) is 0 Å². The fraction of sp³-hybridized carbons (Fsp3) is 0.156. The highest BCUT2D eigenvalue weighted by Gasteiger charge is 2.44. The summed E-state index contributed by atoms with van der Waals surface area (Å²) in [6, 6.07) is 40.8. The molecule has 1 aromatic heterocycles. The van der Waals surface area contributed by atoms with Gasteiger partial charge in [0, 0.05) is 22.1 Å². The Balaban J connectivity index is 1.42. The number of para-hydroxylation sites is 1. The summed E-state index contributed by atoms with van der Waals surface area (Å²) >= 11 is 0. The Kier molecular flexibility index (Phi) is 5.36. The standard InChI is InChI=1S/C45H34O/c1-45(2)39-22-12-10-16-28(39)37-25-36(34-24-35-29-17-11-13-23-40(29)46-41(35)26-38(34)44(37)45)43-32-20-8-6-18-30(32)42(27-14-4-3-5-15-27)31-19-7-9-21-33(31)43/h3-4,6-14,16-24,26,37H,5,15,25H2,1-2H3. The van der Waals surface area contributed by atoms with E-state index >= 15 is 0 Å². The molecule has 0 aliphatic heterocycles. The van der Waals surface area contributed by atoms with Crippen molar-refractivity contribution in [3.63, 3.8) is 0 Å². The number of rotatable bonds is 2. The Morgan fingerprint density at radius 3 is 2.00 bits per heavy atom. The van der Waals surface area contributed by atoms with Gasteiger partial charge >= 0.3 is 0 Å². The van der Waals surface area contributed by atoms with E-state index in [2.05, 4.69) is 141 Å². The van der Waals surface area contributed by atoms with E-state index in [4.69, 9.17) is 4.42 Å². The van der Waals surface area contributed by atoms with Gasteiger partial charge in [-0.05, 0) is 108 Å². The zero-order valence-electron chi connectivity index (χ0n) is 26.2. The lowest BCUT2D eigenvalue weighted by Gasteiger charge is -2.30. The SMILES string of the molecule is CC1(C)C2=c3cc4oc5ccccc5c4cc3=C(c3c4ccccc4c(C4=CC=CCC4)c4ccccc34)CC2c2ccccc21. The second-order valence-corrected chi connectivity index (χ2v) is 13.9. The first-order valence-corrected chi connectivity index (χ1v) is 16.7. The van der Waals surface area contributed by atoms with E-state index in [1.54, 1.807) is 0 Å². The molecular formula is C45H34O. The van der Waals surface area contributed by atoms with Gasteiger partial charge in [0.05, 0.1) is 0 Å². The topological polar surface area (TPSA) is 13.1 Å². The number of hydrogen-bond donors (Lipinski definition) is 0. The van der Waals surface area contributed by atoms with E-state index in [-0.39, 0.29) is 5.41 Å². The third kappa shape index (κ3) is 3.46. The third-order valence-corrected chi connectivity index (χ3v) is 11.1. The van der Waals surface area contributed by atoms with Crippen molar-refractivity contribution in [1.29, 1.82) is 0 Å². The van der Waals surface area contributed by atoms with Crippen LogP contribution in [0, 0.1) is 0 Å².